The molecule has 0 aliphatic heterocycles. The van der Waals surface area contributed by atoms with E-state index in [2.05, 4.69) is 37.1 Å². The molecule has 0 radical (unpaired) electrons. The molecule has 0 unspecified atom stereocenters. The Bertz CT molecular complexity index is 274. The quantitative estimate of drug-likeness (QED) is 0.771. The fourth-order valence-corrected chi connectivity index (χ4v) is 1.13. The Morgan fingerprint density at radius 3 is 2.50 bits per heavy atom. The molecule has 0 spiro atoms. The summed E-state index contributed by atoms with van der Waals surface area (Å²) in [6.45, 7) is 7.14. The van der Waals surface area contributed by atoms with Gasteiger partial charge in [0.05, 0.1) is 6.61 Å². The average Bonchev–Trinajstić information content (AvgIpc) is 2.14. The summed E-state index contributed by atoms with van der Waals surface area (Å²) in [5.41, 5.74) is 1.36. The molecule has 1 rings (SSSR count). The zero-order chi connectivity index (χ0) is 10.6. The van der Waals surface area contributed by atoms with E-state index in [9.17, 15) is 0 Å². The van der Waals surface area contributed by atoms with Gasteiger partial charge in [-0.15, -0.1) is 0 Å². The molecule has 0 aliphatic carbocycles. The first-order chi connectivity index (χ1) is 6.54. The lowest BCUT2D eigenvalue weighted by Gasteiger charge is -2.18. The highest BCUT2D eigenvalue weighted by atomic mass is 16.3. The minimum absolute atomic E-state index is 0.128. The van der Waals surface area contributed by atoms with Crippen LogP contribution >= 0.6 is 0 Å². The smallest absolute Gasteiger partial charge is 0.125 e. The molecule has 0 saturated carbocycles. The summed E-state index contributed by atoms with van der Waals surface area (Å²) in [4.78, 5) is 4.26. The number of nitrogens with zero attached hydrogens (tertiary/aromatic N) is 1. The van der Waals surface area contributed by atoms with Crippen molar-refractivity contribution < 1.29 is 5.11 Å². The van der Waals surface area contributed by atoms with Gasteiger partial charge in [-0.2, -0.15) is 0 Å². The molecule has 0 fully saturated rings. The molecule has 0 bridgehead atoms. The number of hydrogen-bond donors (Lipinski definition) is 2. The third kappa shape index (κ3) is 3.00. The van der Waals surface area contributed by atoms with Crippen LogP contribution in [0.4, 0.5) is 5.82 Å². The van der Waals surface area contributed by atoms with Crippen molar-refractivity contribution in [1.82, 2.24) is 4.98 Å². The molecule has 3 nitrogen and oxygen atoms in total. The normalized spacial score (nSPS) is 11.4. The highest BCUT2D eigenvalue weighted by molar-refractivity contribution is 5.36. The van der Waals surface area contributed by atoms with Gasteiger partial charge in [0, 0.05) is 12.7 Å². The first-order valence-electron chi connectivity index (χ1n) is 4.85. The fourth-order valence-electron chi connectivity index (χ4n) is 1.13. The van der Waals surface area contributed by atoms with Gasteiger partial charge in [0.2, 0.25) is 0 Å². The lowest BCUT2D eigenvalue weighted by Crippen LogP contribution is -2.12. The molecular weight excluding hydrogens is 176 g/mol. The van der Waals surface area contributed by atoms with Crippen molar-refractivity contribution >= 4 is 5.82 Å². The van der Waals surface area contributed by atoms with E-state index in [-0.39, 0.29) is 12.0 Å². The molecule has 3 heteroatoms. The van der Waals surface area contributed by atoms with E-state index in [0.717, 1.165) is 5.82 Å². The molecular formula is C11H18N2O. The second kappa shape index (κ2) is 4.42. The first kappa shape index (κ1) is 11.0. The van der Waals surface area contributed by atoms with Crippen molar-refractivity contribution in [2.24, 2.45) is 0 Å². The van der Waals surface area contributed by atoms with Gasteiger partial charge in [0.25, 0.3) is 0 Å². The number of hydrogen-bond acceptors (Lipinski definition) is 3. The van der Waals surface area contributed by atoms with Crippen LogP contribution in [0.5, 0.6) is 0 Å². The number of rotatable bonds is 3. The molecule has 0 aliphatic rings. The topological polar surface area (TPSA) is 45.1 Å². The Kier molecular flexibility index (Phi) is 3.47. The minimum atomic E-state index is 0.128. The summed E-state index contributed by atoms with van der Waals surface area (Å²) in [5, 5.41) is 11.6. The van der Waals surface area contributed by atoms with E-state index in [1.165, 1.54) is 5.56 Å². The summed E-state index contributed by atoms with van der Waals surface area (Å²) in [6, 6.07) is 4.00. The van der Waals surface area contributed by atoms with Crippen molar-refractivity contribution in [2.75, 3.05) is 18.5 Å². The van der Waals surface area contributed by atoms with Crippen LogP contribution in [0.3, 0.4) is 0 Å². The predicted octanol–water partition coefficient (Wildman–Crippen LogP) is 1.78. The van der Waals surface area contributed by atoms with Crippen molar-refractivity contribution in [2.45, 2.75) is 26.2 Å². The van der Waals surface area contributed by atoms with Gasteiger partial charge < -0.3 is 10.4 Å². The van der Waals surface area contributed by atoms with Crippen molar-refractivity contribution in [3.63, 3.8) is 0 Å². The Morgan fingerprint density at radius 2 is 2.07 bits per heavy atom. The maximum atomic E-state index is 8.62. The SMILES string of the molecule is CC(C)(C)c1ccc(NCCO)nc1. The largest absolute Gasteiger partial charge is 0.395 e. The summed E-state index contributed by atoms with van der Waals surface area (Å²) in [7, 11) is 0. The van der Waals surface area contributed by atoms with Crippen LogP contribution in [-0.4, -0.2) is 23.2 Å². The van der Waals surface area contributed by atoms with Crippen LogP contribution in [0.15, 0.2) is 18.3 Å². The Labute approximate surface area is 85.2 Å². The molecule has 1 aromatic heterocycles. The van der Waals surface area contributed by atoms with E-state index in [1.54, 1.807) is 0 Å². The van der Waals surface area contributed by atoms with Crippen LogP contribution in [0.2, 0.25) is 0 Å². The lowest BCUT2D eigenvalue weighted by molar-refractivity contribution is 0.311. The third-order valence-electron chi connectivity index (χ3n) is 2.05. The molecule has 2 N–H and O–H groups in total. The first-order valence-corrected chi connectivity index (χ1v) is 4.85. The molecule has 0 aromatic carbocycles. The van der Waals surface area contributed by atoms with Crippen LogP contribution in [0.25, 0.3) is 0 Å². The van der Waals surface area contributed by atoms with Crippen molar-refractivity contribution in [3.05, 3.63) is 23.9 Å². The molecule has 14 heavy (non-hydrogen) atoms. The van der Waals surface area contributed by atoms with E-state index >= 15 is 0 Å². The summed E-state index contributed by atoms with van der Waals surface area (Å²) in [5.74, 6) is 0.812. The van der Waals surface area contributed by atoms with Gasteiger partial charge in [0.1, 0.15) is 5.82 Å². The fraction of sp³-hybridized carbons (Fsp3) is 0.545. The molecule has 0 amide bonds. The number of aliphatic hydroxyl groups excluding tert-OH is 1. The molecule has 78 valence electrons. The van der Waals surface area contributed by atoms with Crippen molar-refractivity contribution in [3.8, 4) is 0 Å². The zero-order valence-electron chi connectivity index (χ0n) is 9.04. The lowest BCUT2D eigenvalue weighted by atomic mass is 9.88. The average molecular weight is 194 g/mol. The van der Waals surface area contributed by atoms with E-state index in [4.69, 9.17) is 5.11 Å². The minimum Gasteiger partial charge on any atom is -0.395 e. The maximum Gasteiger partial charge on any atom is 0.125 e. The Balaban J connectivity index is 2.69. The van der Waals surface area contributed by atoms with Crippen LogP contribution in [-0.2, 0) is 5.41 Å². The van der Waals surface area contributed by atoms with Crippen LogP contribution in [0, 0.1) is 0 Å². The maximum absolute atomic E-state index is 8.62. The van der Waals surface area contributed by atoms with Gasteiger partial charge in [-0.05, 0) is 17.0 Å². The summed E-state index contributed by atoms with van der Waals surface area (Å²) in [6.07, 6.45) is 1.87. The Hall–Kier alpha value is -1.09. The summed E-state index contributed by atoms with van der Waals surface area (Å²) < 4.78 is 0. The highest BCUT2D eigenvalue weighted by Crippen LogP contribution is 2.21. The van der Waals surface area contributed by atoms with E-state index in [0.29, 0.717) is 6.54 Å². The number of aromatic nitrogens is 1. The van der Waals surface area contributed by atoms with Crippen LogP contribution < -0.4 is 5.32 Å². The van der Waals surface area contributed by atoms with Gasteiger partial charge in [-0.25, -0.2) is 4.98 Å². The number of anilines is 1. The van der Waals surface area contributed by atoms with E-state index in [1.807, 2.05) is 12.3 Å². The van der Waals surface area contributed by atoms with Gasteiger partial charge in [-0.3, -0.25) is 0 Å². The van der Waals surface area contributed by atoms with Crippen LogP contribution in [0.1, 0.15) is 26.3 Å². The molecule has 1 aromatic rings. The van der Waals surface area contributed by atoms with E-state index < -0.39 is 0 Å². The van der Waals surface area contributed by atoms with Gasteiger partial charge >= 0.3 is 0 Å². The number of nitrogens with one attached hydrogen (secondary N) is 1. The molecule has 1 heterocycles. The third-order valence-corrected chi connectivity index (χ3v) is 2.05. The van der Waals surface area contributed by atoms with Crippen molar-refractivity contribution in [1.29, 1.82) is 0 Å². The Morgan fingerprint density at radius 1 is 1.36 bits per heavy atom. The van der Waals surface area contributed by atoms with Gasteiger partial charge in [-0.1, -0.05) is 26.8 Å². The van der Waals surface area contributed by atoms with Gasteiger partial charge in [0.15, 0.2) is 0 Å². The number of aliphatic hydroxyl groups is 1. The zero-order valence-corrected chi connectivity index (χ0v) is 9.04. The predicted molar refractivity (Wildman–Crippen MR) is 58.5 cm³/mol. The second-order valence-corrected chi connectivity index (χ2v) is 4.33. The number of pyridine rings is 1. The monoisotopic (exact) mass is 194 g/mol. The highest BCUT2D eigenvalue weighted by Gasteiger charge is 2.13. The molecule has 0 atom stereocenters. The standard InChI is InChI=1S/C11H18N2O/c1-11(2,3)9-4-5-10(13-8-9)12-6-7-14/h4-5,8,14H,6-7H2,1-3H3,(H,12,13). The second-order valence-electron chi connectivity index (χ2n) is 4.33. The molecule has 0 saturated heterocycles. The summed E-state index contributed by atoms with van der Waals surface area (Å²) >= 11 is 0.